The summed E-state index contributed by atoms with van der Waals surface area (Å²) in [4.78, 5) is 0. The van der Waals surface area contributed by atoms with Crippen LogP contribution >= 0.6 is 0 Å². The molecule has 3 N–H and O–H groups in total. The number of hydrogen-bond acceptors (Lipinski definition) is 3. The van der Waals surface area contributed by atoms with Gasteiger partial charge in [-0.3, -0.25) is 0 Å². The zero-order valence-corrected chi connectivity index (χ0v) is 11.7. The van der Waals surface area contributed by atoms with Gasteiger partial charge in [0.25, 0.3) is 0 Å². The summed E-state index contributed by atoms with van der Waals surface area (Å²) in [6.45, 7) is 3.26. The predicted molar refractivity (Wildman–Crippen MR) is 79.3 cm³/mol. The first-order valence-electron chi connectivity index (χ1n) is 6.95. The molecule has 102 valence electrons. The molecule has 0 fully saturated rings. The fourth-order valence-electron chi connectivity index (χ4n) is 1.96. The number of nitrogens with one attached hydrogen (secondary N) is 1. The molecule has 0 heterocycles. The number of nitrogens with two attached hydrogens (primary N) is 1. The lowest BCUT2D eigenvalue weighted by atomic mass is 10.1. The Morgan fingerprint density at radius 3 is 2.56 bits per heavy atom. The third-order valence-corrected chi connectivity index (χ3v) is 3.09. The molecule has 1 rings (SSSR count). The van der Waals surface area contributed by atoms with Gasteiger partial charge in [0, 0.05) is 18.3 Å². The number of nitrogen functional groups attached to an aromatic ring is 1. The van der Waals surface area contributed by atoms with Crippen LogP contribution < -0.4 is 15.8 Å². The highest BCUT2D eigenvalue weighted by Gasteiger charge is 2.00. The summed E-state index contributed by atoms with van der Waals surface area (Å²) in [6.07, 6.45) is 7.91. The average molecular weight is 250 g/mol. The van der Waals surface area contributed by atoms with Crippen molar-refractivity contribution in [2.24, 2.45) is 0 Å². The van der Waals surface area contributed by atoms with Crippen LogP contribution in [-0.2, 0) is 0 Å². The van der Waals surface area contributed by atoms with Crippen molar-refractivity contribution in [2.75, 3.05) is 24.7 Å². The number of rotatable bonds is 9. The molecular weight excluding hydrogens is 224 g/mol. The zero-order chi connectivity index (χ0) is 13.2. The number of ether oxygens (including phenoxy) is 1. The molecule has 0 spiro atoms. The van der Waals surface area contributed by atoms with Crippen LogP contribution in [0.5, 0.6) is 5.75 Å². The molecule has 0 saturated heterocycles. The minimum atomic E-state index is 0.683. The van der Waals surface area contributed by atoms with Crippen LogP contribution in [0.2, 0.25) is 0 Å². The Morgan fingerprint density at radius 1 is 1.11 bits per heavy atom. The molecule has 0 bridgehead atoms. The molecule has 0 saturated carbocycles. The minimum absolute atomic E-state index is 0.683. The standard InChI is InChI=1S/C15H26N2O/c1-3-4-5-6-7-8-11-17-13-9-10-14(16)15(12-13)18-2/h9-10,12,17H,3-8,11,16H2,1-2H3. The summed E-state index contributed by atoms with van der Waals surface area (Å²) in [6, 6.07) is 5.82. The quantitative estimate of drug-likeness (QED) is 0.513. The van der Waals surface area contributed by atoms with Crippen molar-refractivity contribution in [1.29, 1.82) is 0 Å². The van der Waals surface area contributed by atoms with Gasteiger partial charge in [-0.1, -0.05) is 39.0 Å². The first-order valence-corrected chi connectivity index (χ1v) is 6.95. The molecule has 3 heteroatoms. The van der Waals surface area contributed by atoms with Gasteiger partial charge in [0.05, 0.1) is 12.8 Å². The highest BCUT2D eigenvalue weighted by atomic mass is 16.5. The lowest BCUT2D eigenvalue weighted by molar-refractivity contribution is 0.417. The minimum Gasteiger partial charge on any atom is -0.495 e. The highest BCUT2D eigenvalue weighted by molar-refractivity contribution is 5.61. The van der Waals surface area contributed by atoms with E-state index in [4.69, 9.17) is 10.5 Å². The van der Waals surface area contributed by atoms with Gasteiger partial charge in [-0.15, -0.1) is 0 Å². The van der Waals surface area contributed by atoms with E-state index in [1.807, 2.05) is 18.2 Å². The Morgan fingerprint density at radius 2 is 1.83 bits per heavy atom. The Balaban J connectivity index is 2.19. The summed E-state index contributed by atoms with van der Waals surface area (Å²) in [5.41, 5.74) is 7.53. The van der Waals surface area contributed by atoms with Crippen molar-refractivity contribution < 1.29 is 4.74 Å². The van der Waals surface area contributed by atoms with E-state index >= 15 is 0 Å². The van der Waals surface area contributed by atoms with Gasteiger partial charge >= 0.3 is 0 Å². The summed E-state index contributed by atoms with van der Waals surface area (Å²) in [5, 5.41) is 3.40. The van der Waals surface area contributed by atoms with E-state index < -0.39 is 0 Å². The number of anilines is 2. The van der Waals surface area contributed by atoms with E-state index in [0.717, 1.165) is 18.0 Å². The first kappa shape index (κ1) is 14.7. The third-order valence-electron chi connectivity index (χ3n) is 3.09. The number of hydrogen-bond donors (Lipinski definition) is 2. The van der Waals surface area contributed by atoms with Crippen molar-refractivity contribution in [3.8, 4) is 5.75 Å². The van der Waals surface area contributed by atoms with Crippen LogP contribution in [0.3, 0.4) is 0 Å². The second kappa shape index (κ2) is 8.67. The summed E-state index contributed by atoms with van der Waals surface area (Å²) in [5.74, 6) is 0.739. The van der Waals surface area contributed by atoms with Gasteiger partial charge in [0.1, 0.15) is 5.75 Å². The maximum atomic E-state index is 5.77. The number of benzene rings is 1. The van der Waals surface area contributed by atoms with Crippen LogP contribution in [0.4, 0.5) is 11.4 Å². The lowest BCUT2D eigenvalue weighted by Gasteiger charge is -2.09. The molecule has 0 aliphatic carbocycles. The molecule has 0 amide bonds. The molecule has 3 nitrogen and oxygen atoms in total. The van der Waals surface area contributed by atoms with Crippen molar-refractivity contribution in [1.82, 2.24) is 0 Å². The highest BCUT2D eigenvalue weighted by Crippen LogP contribution is 2.24. The van der Waals surface area contributed by atoms with E-state index in [2.05, 4.69) is 12.2 Å². The van der Waals surface area contributed by atoms with E-state index in [1.54, 1.807) is 7.11 Å². The van der Waals surface area contributed by atoms with E-state index in [9.17, 15) is 0 Å². The largest absolute Gasteiger partial charge is 0.495 e. The average Bonchev–Trinajstić information content (AvgIpc) is 2.39. The predicted octanol–water partition coefficient (Wildman–Crippen LogP) is 4.05. The monoisotopic (exact) mass is 250 g/mol. The number of methoxy groups -OCH3 is 1. The van der Waals surface area contributed by atoms with Crippen molar-refractivity contribution in [2.45, 2.75) is 45.4 Å². The van der Waals surface area contributed by atoms with Gasteiger partial charge in [-0.05, 0) is 18.6 Å². The van der Waals surface area contributed by atoms with Gasteiger partial charge in [0.2, 0.25) is 0 Å². The topological polar surface area (TPSA) is 47.3 Å². The smallest absolute Gasteiger partial charge is 0.143 e. The molecule has 0 radical (unpaired) electrons. The Bertz CT molecular complexity index is 339. The van der Waals surface area contributed by atoms with Crippen molar-refractivity contribution in [3.05, 3.63) is 18.2 Å². The normalized spacial score (nSPS) is 10.3. The van der Waals surface area contributed by atoms with Crippen LogP contribution in [-0.4, -0.2) is 13.7 Å². The second-order valence-corrected chi connectivity index (χ2v) is 4.65. The summed E-state index contributed by atoms with van der Waals surface area (Å²) >= 11 is 0. The molecule has 0 aromatic heterocycles. The maximum Gasteiger partial charge on any atom is 0.143 e. The molecule has 1 aromatic carbocycles. The van der Waals surface area contributed by atoms with Crippen LogP contribution in [0.25, 0.3) is 0 Å². The van der Waals surface area contributed by atoms with E-state index in [1.165, 1.54) is 38.5 Å². The molecule has 0 atom stereocenters. The van der Waals surface area contributed by atoms with Crippen LogP contribution in [0, 0.1) is 0 Å². The molecule has 0 unspecified atom stereocenters. The lowest BCUT2D eigenvalue weighted by Crippen LogP contribution is -2.02. The van der Waals surface area contributed by atoms with Crippen LogP contribution in [0.1, 0.15) is 45.4 Å². The maximum absolute atomic E-state index is 5.77. The van der Waals surface area contributed by atoms with Crippen LogP contribution in [0.15, 0.2) is 18.2 Å². The van der Waals surface area contributed by atoms with E-state index in [-0.39, 0.29) is 0 Å². The first-order chi connectivity index (χ1) is 8.77. The molecule has 1 aromatic rings. The Kier molecular flexibility index (Phi) is 7.07. The fourth-order valence-corrected chi connectivity index (χ4v) is 1.96. The second-order valence-electron chi connectivity index (χ2n) is 4.65. The molecule has 0 aliphatic heterocycles. The van der Waals surface area contributed by atoms with Crippen molar-refractivity contribution >= 4 is 11.4 Å². The SMILES string of the molecule is CCCCCCCCNc1ccc(N)c(OC)c1. The van der Waals surface area contributed by atoms with Gasteiger partial charge in [-0.25, -0.2) is 0 Å². The molecular formula is C15H26N2O. The number of unbranched alkanes of at least 4 members (excludes halogenated alkanes) is 5. The third kappa shape index (κ3) is 5.30. The summed E-state index contributed by atoms with van der Waals surface area (Å²) < 4.78 is 5.19. The molecule has 18 heavy (non-hydrogen) atoms. The van der Waals surface area contributed by atoms with Gasteiger partial charge < -0.3 is 15.8 Å². The van der Waals surface area contributed by atoms with Gasteiger partial charge in [0.15, 0.2) is 0 Å². The Labute approximate surface area is 111 Å². The van der Waals surface area contributed by atoms with E-state index in [0.29, 0.717) is 5.69 Å². The van der Waals surface area contributed by atoms with Crippen molar-refractivity contribution in [3.63, 3.8) is 0 Å². The van der Waals surface area contributed by atoms with Gasteiger partial charge in [-0.2, -0.15) is 0 Å². The molecule has 0 aliphatic rings. The zero-order valence-electron chi connectivity index (χ0n) is 11.7. The Hall–Kier alpha value is -1.38. The summed E-state index contributed by atoms with van der Waals surface area (Å²) in [7, 11) is 1.64. The fraction of sp³-hybridized carbons (Fsp3) is 0.600.